The lowest BCUT2D eigenvalue weighted by Crippen LogP contribution is -2.46. The van der Waals surface area contributed by atoms with E-state index < -0.39 is 0 Å². The molecule has 1 saturated heterocycles. The Kier molecular flexibility index (Phi) is 3.84. The van der Waals surface area contributed by atoms with Gasteiger partial charge in [-0.05, 0) is 11.1 Å². The molecule has 0 N–H and O–H groups in total. The Labute approximate surface area is 133 Å². The standard InChI is InChI=1S/C20H25NO/c1-16(2)19-14-20(15-21(19,3)22,17-10-6-4-7-11-17)18-12-8-5-9-13-18/h4-13,16,19H,14-15H2,1-3H3/t19-,21?/m1/s1. The first-order chi connectivity index (χ1) is 10.5. The van der Waals surface area contributed by atoms with E-state index in [1.165, 1.54) is 11.1 Å². The summed E-state index contributed by atoms with van der Waals surface area (Å²) in [5.74, 6) is 0.386. The van der Waals surface area contributed by atoms with E-state index in [2.05, 4.69) is 62.4 Å². The Morgan fingerprint density at radius 2 is 1.41 bits per heavy atom. The molecule has 0 aliphatic carbocycles. The molecule has 0 spiro atoms. The van der Waals surface area contributed by atoms with Crippen LogP contribution in [0, 0.1) is 11.1 Å². The van der Waals surface area contributed by atoms with Gasteiger partial charge in [0.1, 0.15) is 0 Å². The highest BCUT2D eigenvalue weighted by Crippen LogP contribution is 2.47. The van der Waals surface area contributed by atoms with Gasteiger partial charge in [-0.15, -0.1) is 0 Å². The van der Waals surface area contributed by atoms with Crippen molar-refractivity contribution in [3.8, 4) is 0 Å². The summed E-state index contributed by atoms with van der Waals surface area (Å²) < 4.78 is -0.151. The maximum atomic E-state index is 13.2. The molecule has 0 amide bonds. The zero-order valence-corrected chi connectivity index (χ0v) is 13.7. The predicted molar refractivity (Wildman–Crippen MR) is 91.3 cm³/mol. The molecule has 1 heterocycles. The van der Waals surface area contributed by atoms with Crippen LogP contribution < -0.4 is 0 Å². The van der Waals surface area contributed by atoms with Crippen LogP contribution in [0.3, 0.4) is 0 Å². The molecular formula is C20H25NO. The number of nitrogens with zero attached hydrogens (tertiary/aromatic N) is 1. The summed E-state index contributed by atoms with van der Waals surface area (Å²) in [6.07, 6.45) is 0.915. The second kappa shape index (κ2) is 5.53. The Morgan fingerprint density at radius 1 is 0.955 bits per heavy atom. The third kappa shape index (κ3) is 2.47. The lowest BCUT2D eigenvalue weighted by Gasteiger charge is -2.42. The fraction of sp³-hybridized carbons (Fsp3) is 0.400. The average molecular weight is 295 g/mol. The molecular weight excluding hydrogens is 270 g/mol. The summed E-state index contributed by atoms with van der Waals surface area (Å²) in [7, 11) is 1.85. The van der Waals surface area contributed by atoms with Crippen molar-refractivity contribution in [3.05, 3.63) is 77.0 Å². The minimum Gasteiger partial charge on any atom is -0.633 e. The molecule has 2 atom stereocenters. The van der Waals surface area contributed by atoms with Crippen LogP contribution in [0.15, 0.2) is 60.7 Å². The molecule has 22 heavy (non-hydrogen) atoms. The van der Waals surface area contributed by atoms with Gasteiger partial charge in [-0.1, -0.05) is 74.5 Å². The maximum absolute atomic E-state index is 13.2. The van der Waals surface area contributed by atoms with E-state index in [4.69, 9.17) is 0 Å². The molecule has 3 rings (SSSR count). The van der Waals surface area contributed by atoms with Crippen molar-refractivity contribution >= 4 is 0 Å². The lowest BCUT2D eigenvalue weighted by atomic mass is 9.72. The Bertz CT molecular complexity index is 579. The van der Waals surface area contributed by atoms with E-state index in [0.29, 0.717) is 12.5 Å². The predicted octanol–water partition coefficient (Wildman–Crippen LogP) is 4.35. The molecule has 0 aromatic heterocycles. The van der Waals surface area contributed by atoms with Crippen LogP contribution in [-0.4, -0.2) is 24.3 Å². The molecule has 2 heteroatoms. The highest BCUT2D eigenvalue weighted by atomic mass is 16.5. The third-order valence-corrected chi connectivity index (χ3v) is 5.27. The van der Waals surface area contributed by atoms with Gasteiger partial charge in [0.15, 0.2) is 0 Å². The summed E-state index contributed by atoms with van der Waals surface area (Å²) in [5.41, 5.74) is 2.36. The van der Waals surface area contributed by atoms with Gasteiger partial charge >= 0.3 is 0 Å². The van der Waals surface area contributed by atoms with Crippen LogP contribution in [-0.2, 0) is 5.41 Å². The van der Waals surface area contributed by atoms with Crippen LogP contribution in [0.25, 0.3) is 0 Å². The van der Waals surface area contributed by atoms with E-state index in [0.717, 1.165) is 6.42 Å². The minimum atomic E-state index is -0.173. The Hall–Kier alpha value is -1.64. The van der Waals surface area contributed by atoms with Crippen molar-refractivity contribution in [2.75, 3.05) is 13.6 Å². The number of likely N-dealkylation sites (tertiary alicyclic amines) is 1. The highest BCUT2D eigenvalue weighted by Gasteiger charge is 2.52. The molecule has 2 aromatic rings. The SMILES string of the molecule is CC(C)[C@H]1CC(c2ccccc2)(c2ccccc2)C[N+]1(C)[O-]. The zero-order valence-electron chi connectivity index (χ0n) is 13.7. The van der Waals surface area contributed by atoms with Gasteiger partial charge in [0.05, 0.1) is 25.0 Å². The van der Waals surface area contributed by atoms with Gasteiger partial charge < -0.3 is 9.85 Å². The van der Waals surface area contributed by atoms with Crippen LogP contribution in [0.1, 0.15) is 31.4 Å². The first-order valence-electron chi connectivity index (χ1n) is 8.13. The number of rotatable bonds is 3. The highest BCUT2D eigenvalue weighted by molar-refractivity contribution is 5.40. The molecule has 0 saturated carbocycles. The molecule has 0 bridgehead atoms. The van der Waals surface area contributed by atoms with E-state index in [9.17, 15) is 5.21 Å². The monoisotopic (exact) mass is 295 g/mol. The second-order valence-corrected chi connectivity index (χ2v) is 7.16. The first-order valence-corrected chi connectivity index (χ1v) is 8.13. The summed E-state index contributed by atoms with van der Waals surface area (Å²) in [6, 6.07) is 21.3. The average Bonchev–Trinajstić information content (AvgIpc) is 2.82. The van der Waals surface area contributed by atoms with E-state index in [1.54, 1.807) is 0 Å². The van der Waals surface area contributed by atoms with Gasteiger partial charge in [0.25, 0.3) is 0 Å². The smallest absolute Gasteiger partial charge is 0.0925 e. The number of likely N-dealkylation sites (N-methyl/N-ethyl adjacent to an activating group) is 1. The number of hydrogen-bond acceptors (Lipinski definition) is 1. The molecule has 2 nitrogen and oxygen atoms in total. The normalized spacial score (nSPS) is 27.2. The fourth-order valence-electron chi connectivity index (χ4n) is 4.23. The van der Waals surface area contributed by atoms with E-state index >= 15 is 0 Å². The second-order valence-electron chi connectivity index (χ2n) is 7.16. The van der Waals surface area contributed by atoms with Crippen molar-refractivity contribution in [2.45, 2.75) is 31.7 Å². The molecule has 1 aliphatic rings. The lowest BCUT2D eigenvalue weighted by molar-refractivity contribution is -0.878. The van der Waals surface area contributed by atoms with Gasteiger partial charge in [0, 0.05) is 12.3 Å². The van der Waals surface area contributed by atoms with Crippen LogP contribution in [0.4, 0.5) is 0 Å². The molecule has 1 unspecified atom stereocenters. The molecule has 116 valence electrons. The number of hydroxylamine groups is 3. The number of hydrogen-bond donors (Lipinski definition) is 0. The molecule has 2 aromatic carbocycles. The van der Waals surface area contributed by atoms with Crippen LogP contribution >= 0.6 is 0 Å². The van der Waals surface area contributed by atoms with Gasteiger partial charge in [0.2, 0.25) is 0 Å². The van der Waals surface area contributed by atoms with Crippen LogP contribution in [0.5, 0.6) is 0 Å². The van der Waals surface area contributed by atoms with Crippen molar-refractivity contribution in [2.24, 2.45) is 5.92 Å². The quantitative estimate of drug-likeness (QED) is 0.610. The zero-order chi connectivity index (χ0) is 15.8. The van der Waals surface area contributed by atoms with Crippen LogP contribution in [0.2, 0.25) is 0 Å². The van der Waals surface area contributed by atoms with Crippen molar-refractivity contribution in [3.63, 3.8) is 0 Å². The van der Waals surface area contributed by atoms with E-state index in [1.807, 2.05) is 19.2 Å². The van der Waals surface area contributed by atoms with Gasteiger partial charge in [-0.25, -0.2) is 0 Å². The van der Waals surface area contributed by atoms with Crippen molar-refractivity contribution < 1.29 is 4.65 Å². The summed E-state index contributed by atoms with van der Waals surface area (Å²) in [5, 5.41) is 13.2. The van der Waals surface area contributed by atoms with Crippen molar-refractivity contribution in [1.82, 2.24) is 0 Å². The number of quaternary nitrogens is 1. The minimum absolute atomic E-state index is 0.139. The maximum Gasteiger partial charge on any atom is 0.0925 e. The Morgan fingerprint density at radius 3 is 1.77 bits per heavy atom. The largest absolute Gasteiger partial charge is 0.633 e. The van der Waals surface area contributed by atoms with Gasteiger partial charge in [-0.2, -0.15) is 0 Å². The summed E-state index contributed by atoms with van der Waals surface area (Å²) in [4.78, 5) is 0. The van der Waals surface area contributed by atoms with Crippen molar-refractivity contribution in [1.29, 1.82) is 0 Å². The van der Waals surface area contributed by atoms with Gasteiger partial charge in [-0.3, -0.25) is 0 Å². The molecule has 1 fully saturated rings. The summed E-state index contributed by atoms with van der Waals surface area (Å²) >= 11 is 0. The fourth-order valence-corrected chi connectivity index (χ4v) is 4.23. The Balaban J connectivity index is 2.15. The van der Waals surface area contributed by atoms with E-state index in [-0.39, 0.29) is 16.1 Å². The topological polar surface area (TPSA) is 23.1 Å². The first kappa shape index (κ1) is 15.3. The molecule has 1 aliphatic heterocycles. The summed E-state index contributed by atoms with van der Waals surface area (Å²) in [6.45, 7) is 4.96. The number of benzene rings is 2. The molecule has 0 radical (unpaired) electrons. The third-order valence-electron chi connectivity index (χ3n) is 5.27.